The van der Waals surface area contributed by atoms with Gasteiger partial charge in [0.05, 0.1) is 5.56 Å². The molecule has 0 aliphatic rings. The third kappa shape index (κ3) is 6.75. The third-order valence-electron chi connectivity index (χ3n) is 3.68. The monoisotopic (exact) mass is 535 g/mol. The quantitative estimate of drug-likeness (QED) is 0.110. The fraction of sp³-hybridized carbons (Fsp3) is 0.529. The van der Waals surface area contributed by atoms with Gasteiger partial charge in [-0.25, -0.2) is 4.79 Å². The molecule has 1 amide bonds. The van der Waals surface area contributed by atoms with Gasteiger partial charge in [0.1, 0.15) is 5.75 Å². The minimum absolute atomic E-state index is 0.0325. The molecule has 1 aromatic carbocycles. The zero-order valence-corrected chi connectivity index (χ0v) is 18.2. The first-order valence-electron chi connectivity index (χ1n) is 8.59. The van der Waals surface area contributed by atoms with Gasteiger partial charge in [0.2, 0.25) is 3.79 Å². The van der Waals surface area contributed by atoms with Crippen LogP contribution >= 0.6 is 34.8 Å². The highest BCUT2D eigenvalue weighted by atomic mass is 35.6. The van der Waals surface area contributed by atoms with Gasteiger partial charge in [-0.15, -0.1) is 0 Å². The molecule has 0 aliphatic heterocycles. The number of hydrogen-bond donors (Lipinski definition) is 1. The second-order valence-electron chi connectivity index (χ2n) is 6.15. The standard InChI is InChI=1S/C17H15Cl3F7NO4/c1-2-3-8-31-12(15(18,19)20)28-11(29)9-6-4-5-7-10(9)32-13(30)14(21,22)16(23,24)17(25,26)27/h4-7,12H,2-3,8H2,1H3,(H,28,29). The topological polar surface area (TPSA) is 64.6 Å². The number of alkyl halides is 10. The van der Waals surface area contributed by atoms with E-state index in [1.807, 2.05) is 6.92 Å². The number of unbranched alkanes of at least 4 members (excludes halogenated alkanes) is 1. The first-order chi connectivity index (χ1) is 14.5. The molecule has 0 saturated carbocycles. The van der Waals surface area contributed by atoms with Crippen LogP contribution in [-0.4, -0.2) is 46.5 Å². The van der Waals surface area contributed by atoms with Gasteiger partial charge < -0.3 is 14.8 Å². The molecule has 0 fully saturated rings. The third-order valence-corrected chi connectivity index (χ3v) is 4.28. The first-order valence-corrected chi connectivity index (χ1v) is 9.73. The summed E-state index contributed by atoms with van der Waals surface area (Å²) in [6.45, 7) is 1.85. The van der Waals surface area contributed by atoms with Crippen molar-refractivity contribution >= 4 is 46.7 Å². The molecule has 1 N–H and O–H groups in total. The number of nitrogens with one attached hydrogen (secondary N) is 1. The fourth-order valence-electron chi connectivity index (χ4n) is 1.97. The lowest BCUT2D eigenvalue weighted by Gasteiger charge is -2.27. The van der Waals surface area contributed by atoms with Crippen LogP contribution in [0.1, 0.15) is 30.1 Å². The first kappa shape index (κ1) is 28.5. The van der Waals surface area contributed by atoms with Crippen LogP contribution < -0.4 is 10.1 Å². The number of halogens is 10. The Morgan fingerprint density at radius 1 is 1.03 bits per heavy atom. The van der Waals surface area contributed by atoms with Crippen molar-refractivity contribution in [2.24, 2.45) is 0 Å². The van der Waals surface area contributed by atoms with Gasteiger partial charge in [0, 0.05) is 6.61 Å². The number of benzene rings is 1. The smallest absolute Gasteiger partial charge is 0.421 e. The van der Waals surface area contributed by atoms with E-state index < -0.39 is 51.2 Å². The van der Waals surface area contributed by atoms with Gasteiger partial charge in [-0.3, -0.25) is 4.79 Å². The summed E-state index contributed by atoms with van der Waals surface area (Å²) in [4.78, 5) is 24.0. The van der Waals surface area contributed by atoms with E-state index in [0.29, 0.717) is 18.9 Å². The molecule has 15 heteroatoms. The number of ether oxygens (including phenoxy) is 2. The molecular weight excluding hydrogens is 522 g/mol. The SMILES string of the molecule is CCCCOC(NC(=O)c1ccccc1OC(=O)C(F)(F)C(F)(F)C(F)(F)F)C(Cl)(Cl)Cl. The van der Waals surface area contributed by atoms with Crippen LogP contribution in [0, 0.1) is 0 Å². The Morgan fingerprint density at radius 3 is 2.09 bits per heavy atom. The van der Waals surface area contributed by atoms with Crippen molar-refractivity contribution in [3.05, 3.63) is 29.8 Å². The lowest BCUT2D eigenvalue weighted by Crippen LogP contribution is -2.57. The van der Waals surface area contributed by atoms with E-state index in [0.717, 1.165) is 18.2 Å². The normalized spacial score (nSPS) is 14.1. The molecule has 0 bridgehead atoms. The molecule has 1 aromatic rings. The molecule has 0 saturated heterocycles. The summed E-state index contributed by atoms with van der Waals surface area (Å²) < 4.78 is 97.0. The minimum Gasteiger partial charge on any atom is -0.421 e. The Balaban J connectivity index is 3.14. The molecule has 182 valence electrons. The van der Waals surface area contributed by atoms with Crippen LogP contribution in [0.3, 0.4) is 0 Å². The summed E-state index contributed by atoms with van der Waals surface area (Å²) in [7, 11) is 0. The van der Waals surface area contributed by atoms with E-state index in [1.165, 1.54) is 0 Å². The van der Waals surface area contributed by atoms with Crippen molar-refractivity contribution in [3.8, 4) is 5.75 Å². The number of carbonyl (C=O) groups excluding carboxylic acids is 2. The average Bonchev–Trinajstić information content (AvgIpc) is 2.65. The maximum atomic E-state index is 13.5. The van der Waals surface area contributed by atoms with Crippen molar-refractivity contribution in [2.45, 2.75) is 47.8 Å². The molecular formula is C17H15Cl3F7NO4. The number of esters is 1. The lowest BCUT2D eigenvalue weighted by molar-refractivity contribution is -0.346. The summed E-state index contributed by atoms with van der Waals surface area (Å²) in [6, 6.07) is 3.77. The van der Waals surface area contributed by atoms with Gasteiger partial charge in [0.15, 0.2) is 6.23 Å². The van der Waals surface area contributed by atoms with Gasteiger partial charge >= 0.3 is 24.0 Å². The van der Waals surface area contributed by atoms with Crippen molar-refractivity contribution in [3.63, 3.8) is 0 Å². The number of carbonyl (C=O) groups is 2. The number of hydrogen-bond acceptors (Lipinski definition) is 4. The lowest BCUT2D eigenvalue weighted by atomic mass is 10.1. The van der Waals surface area contributed by atoms with Crippen molar-refractivity contribution in [2.75, 3.05) is 6.61 Å². The molecule has 1 unspecified atom stereocenters. The van der Waals surface area contributed by atoms with Gasteiger partial charge in [-0.2, -0.15) is 30.7 Å². The molecule has 0 aromatic heterocycles. The minimum atomic E-state index is -6.75. The Kier molecular flexibility index (Phi) is 9.47. The number of para-hydroxylation sites is 1. The van der Waals surface area contributed by atoms with Crippen molar-refractivity contribution in [1.29, 1.82) is 0 Å². The molecule has 5 nitrogen and oxygen atoms in total. The molecule has 0 spiro atoms. The average molecular weight is 537 g/mol. The summed E-state index contributed by atoms with van der Waals surface area (Å²) in [5, 5.41) is 2.08. The Hall–Kier alpha value is -1.50. The van der Waals surface area contributed by atoms with Crippen LogP contribution in [0.5, 0.6) is 5.75 Å². The predicted octanol–water partition coefficient (Wildman–Crippen LogP) is 5.67. The van der Waals surface area contributed by atoms with Crippen LogP contribution in [0.25, 0.3) is 0 Å². The molecule has 0 radical (unpaired) electrons. The molecule has 1 rings (SSSR count). The maximum absolute atomic E-state index is 13.5. The van der Waals surface area contributed by atoms with E-state index in [-0.39, 0.29) is 6.61 Å². The zero-order chi connectivity index (χ0) is 25.0. The van der Waals surface area contributed by atoms with Crippen molar-refractivity contribution in [1.82, 2.24) is 5.32 Å². The summed E-state index contributed by atoms with van der Waals surface area (Å²) >= 11 is 17.1. The molecule has 0 aliphatic carbocycles. The van der Waals surface area contributed by atoms with Crippen LogP contribution in [0.4, 0.5) is 30.7 Å². The van der Waals surface area contributed by atoms with E-state index in [2.05, 4.69) is 10.1 Å². The molecule has 1 atom stereocenters. The number of amides is 1. The zero-order valence-electron chi connectivity index (χ0n) is 15.9. The summed E-state index contributed by atoms with van der Waals surface area (Å²) in [5.74, 6) is -18.5. The summed E-state index contributed by atoms with van der Waals surface area (Å²) in [6.07, 6.45) is -7.15. The van der Waals surface area contributed by atoms with Crippen LogP contribution in [0.15, 0.2) is 24.3 Å². The van der Waals surface area contributed by atoms with E-state index in [1.54, 1.807) is 0 Å². The Labute approximate surface area is 192 Å². The van der Waals surface area contributed by atoms with Crippen LogP contribution in [-0.2, 0) is 9.53 Å². The highest BCUT2D eigenvalue weighted by Crippen LogP contribution is 2.47. The fourth-order valence-corrected chi connectivity index (χ4v) is 2.33. The number of rotatable bonds is 9. The Bertz CT molecular complexity index is 816. The van der Waals surface area contributed by atoms with E-state index >= 15 is 0 Å². The van der Waals surface area contributed by atoms with Gasteiger partial charge in [-0.1, -0.05) is 60.3 Å². The Morgan fingerprint density at radius 2 is 1.59 bits per heavy atom. The van der Waals surface area contributed by atoms with E-state index in [4.69, 9.17) is 39.5 Å². The molecule has 32 heavy (non-hydrogen) atoms. The second-order valence-corrected chi connectivity index (χ2v) is 8.52. The highest BCUT2D eigenvalue weighted by molar-refractivity contribution is 6.68. The van der Waals surface area contributed by atoms with E-state index in [9.17, 15) is 40.3 Å². The summed E-state index contributed by atoms with van der Waals surface area (Å²) in [5.41, 5.74) is -0.717. The largest absolute Gasteiger partial charge is 0.460 e. The predicted molar refractivity (Wildman–Crippen MR) is 100 cm³/mol. The highest BCUT2D eigenvalue weighted by Gasteiger charge is 2.77. The molecule has 0 heterocycles. The second kappa shape index (κ2) is 10.6. The van der Waals surface area contributed by atoms with Crippen molar-refractivity contribution < 1.29 is 49.8 Å². The van der Waals surface area contributed by atoms with Crippen LogP contribution in [0.2, 0.25) is 0 Å². The maximum Gasteiger partial charge on any atom is 0.460 e. The van der Waals surface area contributed by atoms with Gasteiger partial charge in [0.25, 0.3) is 5.91 Å². The van der Waals surface area contributed by atoms with Gasteiger partial charge in [-0.05, 0) is 18.6 Å².